The van der Waals surface area contributed by atoms with Crippen molar-refractivity contribution in [1.29, 1.82) is 0 Å². The van der Waals surface area contributed by atoms with Crippen LogP contribution in [0.4, 0.5) is 0 Å². The van der Waals surface area contributed by atoms with Crippen LogP contribution in [-0.4, -0.2) is 43.0 Å². The van der Waals surface area contributed by atoms with Gasteiger partial charge in [-0.15, -0.1) is 12.3 Å². The van der Waals surface area contributed by atoms with E-state index in [9.17, 15) is 9.59 Å². The molecular formula is C15H28N4O2. The molecule has 6 heteroatoms. The van der Waals surface area contributed by atoms with Crippen molar-refractivity contribution in [2.24, 2.45) is 11.7 Å². The van der Waals surface area contributed by atoms with Gasteiger partial charge in [-0.2, -0.15) is 0 Å². The smallest absolute Gasteiger partial charge is 0.242 e. The molecule has 0 aliphatic heterocycles. The highest BCUT2D eigenvalue weighted by Gasteiger charge is 2.25. The van der Waals surface area contributed by atoms with E-state index in [2.05, 4.69) is 21.9 Å². The minimum Gasteiger partial charge on any atom is -0.355 e. The van der Waals surface area contributed by atoms with E-state index in [4.69, 9.17) is 12.2 Å². The van der Waals surface area contributed by atoms with Crippen LogP contribution in [-0.2, 0) is 9.59 Å². The van der Waals surface area contributed by atoms with Crippen LogP contribution in [0.5, 0.6) is 0 Å². The van der Waals surface area contributed by atoms with E-state index in [-0.39, 0.29) is 23.8 Å². The Balaban J connectivity index is 4.42. The van der Waals surface area contributed by atoms with E-state index in [1.807, 2.05) is 20.8 Å². The summed E-state index contributed by atoms with van der Waals surface area (Å²) < 4.78 is 0. The lowest BCUT2D eigenvalue weighted by Gasteiger charge is -2.24. The van der Waals surface area contributed by atoms with Gasteiger partial charge in [-0.25, -0.2) is 0 Å². The number of hydrogen-bond donors (Lipinski definition) is 4. The highest BCUT2D eigenvalue weighted by atomic mass is 16.2. The number of terminal acetylenes is 1. The summed E-state index contributed by atoms with van der Waals surface area (Å²) in [6.45, 7) is 8.34. The van der Waals surface area contributed by atoms with Gasteiger partial charge in [0.05, 0.1) is 6.04 Å². The molecule has 0 bridgehead atoms. The molecular weight excluding hydrogens is 268 g/mol. The van der Waals surface area contributed by atoms with Gasteiger partial charge in [0.15, 0.2) is 0 Å². The normalized spacial score (nSPS) is 14.9. The standard InChI is InChI=1S/C15H28N4O2/c1-6-8-12(16)9-18-11(5)14(20)19-13(10(3)4)15(21)17-7-2/h1,10-13,18H,7-9,16H2,2-5H3,(H,17,21)(H,19,20)/t11-,12-,13-/m0/s1. The van der Waals surface area contributed by atoms with Gasteiger partial charge in [-0.3, -0.25) is 9.59 Å². The number of carbonyl (C=O) groups is 2. The van der Waals surface area contributed by atoms with Crippen LogP contribution in [0.15, 0.2) is 0 Å². The fraction of sp³-hybridized carbons (Fsp3) is 0.733. The number of amides is 2. The predicted octanol–water partition coefficient (Wildman–Crippen LogP) is -0.408. The van der Waals surface area contributed by atoms with Crippen LogP contribution in [0.3, 0.4) is 0 Å². The van der Waals surface area contributed by atoms with Crippen LogP contribution in [0.25, 0.3) is 0 Å². The summed E-state index contributed by atoms with van der Waals surface area (Å²) in [7, 11) is 0. The molecule has 0 spiro atoms. The molecule has 0 rings (SSSR count). The minimum atomic E-state index is -0.541. The number of nitrogens with one attached hydrogen (secondary N) is 3. The number of rotatable bonds is 9. The van der Waals surface area contributed by atoms with E-state index in [1.165, 1.54) is 0 Å². The molecule has 2 amide bonds. The first-order chi connectivity index (χ1) is 9.83. The second-order valence-corrected chi connectivity index (χ2v) is 5.42. The molecule has 0 heterocycles. The molecule has 0 saturated heterocycles. The molecule has 6 nitrogen and oxygen atoms in total. The highest BCUT2D eigenvalue weighted by molar-refractivity contribution is 5.89. The van der Waals surface area contributed by atoms with Gasteiger partial charge in [0.2, 0.25) is 11.8 Å². The lowest BCUT2D eigenvalue weighted by Crippen LogP contribution is -2.54. The number of hydrogen-bond acceptors (Lipinski definition) is 4. The molecule has 0 radical (unpaired) electrons. The molecule has 120 valence electrons. The van der Waals surface area contributed by atoms with Gasteiger partial charge in [0, 0.05) is 25.6 Å². The molecule has 0 aromatic rings. The third-order valence-corrected chi connectivity index (χ3v) is 3.06. The van der Waals surface area contributed by atoms with Gasteiger partial charge in [-0.05, 0) is 19.8 Å². The summed E-state index contributed by atoms with van der Waals surface area (Å²) in [6, 6.07) is -1.17. The first kappa shape index (κ1) is 19.4. The van der Waals surface area contributed by atoms with Crippen molar-refractivity contribution in [3.8, 4) is 12.3 Å². The first-order valence-corrected chi connectivity index (χ1v) is 7.33. The zero-order valence-corrected chi connectivity index (χ0v) is 13.4. The van der Waals surface area contributed by atoms with Crippen LogP contribution >= 0.6 is 0 Å². The van der Waals surface area contributed by atoms with Crippen molar-refractivity contribution in [3.63, 3.8) is 0 Å². The Kier molecular flexibility index (Phi) is 9.42. The highest BCUT2D eigenvalue weighted by Crippen LogP contribution is 2.02. The maximum Gasteiger partial charge on any atom is 0.242 e. The molecule has 5 N–H and O–H groups in total. The first-order valence-electron chi connectivity index (χ1n) is 7.33. The van der Waals surface area contributed by atoms with E-state index < -0.39 is 12.1 Å². The van der Waals surface area contributed by atoms with Crippen LogP contribution in [0.1, 0.15) is 34.1 Å². The van der Waals surface area contributed by atoms with Crippen molar-refractivity contribution in [1.82, 2.24) is 16.0 Å². The molecule has 0 aromatic heterocycles. The van der Waals surface area contributed by atoms with E-state index in [0.29, 0.717) is 19.5 Å². The topological polar surface area (TPSA) is 96.2 Å². The second kappa shape index (κ2) is 10.2. The molecule has 0 unspecified atom stereocenters. The monoisotopic (exact) mass is 296 g/mol. The molecule has 0 fully saturated rings. The summed E-state index contributed by atoms with van der Waals surface area (Å²) in [5.41, 5.74) is 5.77. The molecule has 0 saturated carbocycles. The average Bonchev–Trinajstić information content (AvgIpc) is 2.41. The Morgan fingerprint density at radius 3 is 2.33 bits per heavy atom. The third-order valence-electron chi connectivity index (χ3n) is 3.06. The Morgan fingerprint density at radius 2 is 1.86 bits per heavy atom. The SMILES string of the molecule is C#CC[C@H](N)CN[C@@H](C)C(=O)N[C@H](C(=O)NCC)C(C)C. The zero-order chi connectivity index (χ0) is 16.4. The van der Waals surface area contributed by atoms with Crippen LogP contribution < -0.4 is 21.7 Å². The summed E-state index contributed by atoms with van der Waals surface area (Å²) in [5.74, 6) is 2.09. The Bertz CT molecular complexity index is 376. The van der Waals surface area contributed by atoms with Crippen molar-refractivity contribution in [2.45, 2.75) is 52.2 Å². The summed E-state index contributed by atoms with van der Waals surface area (Å²) in [4.78, 5) is 24.0. The lowest BCUT2D eigenvalue weighted by molar-refractivity contribution is -0.130. The van der Waals surface area contributed by atoms with E-state index >= 15 is 0 Å². The summed E-state index contributed by atoms with van der Waals surface area (Å²) >= 11 is 0. The van der Waals surface area contributed by atoms with Crippen molar-refractivity contribution in [2.75, 3.05) is 13.1 Å². The second-order valence-electron chi connectivity index (χ2n) is 5.42. The van der Waals surface area contributed by atoms with Crippen molar-refractivity contribution in [3.05, 3.63) is 0 Å². The van der Waals surface area contributed by atoms with Gasteiger partial charge in [0.25, 0.3) is 0 Å². The predicted molar refractivity (Wildman–Crippen MR) is 84.3 cm³/mol. The largest absolute Gasteiger partial charge is 0.355 e. The van der Waals surface area contributed by atoms with Gasteiger partial charge in [-0.1, -0.05) is 13.8 Å². The summed E-state index contributed by atoms with van der Waals surface area (Å²) in [5, 5.41) is 8.50. The van der Waals surface area contributed by atoms with E-state index in [1.54, 1.807) is 6.92 Å². The number of likely N-dealkylation sites (N-methyl/N-ethyl adjacent to an activating group) is 1. The molecule has 0 aliphatic carbocycles. The van der Waals surface area contributed by atoms with E-state index in [0.717, 1.165) is 0 Å². The minimum absolute atomic E-state index is 0.0106. The molecule has 0 aromatic carbocycles. The van der Waals surface area contributed by atoms with Gasteiger partial charge >= 0.3 is 0 Å². The quantitative estimate of drug-likeness (QED) is 0.435. The fourth-order valence-electron chi connectivity index (χ4n) is 1.74. The van der Waals surface area contributed by atoms with Crippen molar-refractivity contribution < 1.29 is 9.59 Å². The Morgan fingerprint density at radius 1 is 1.24 bits per heavy atom. The third kappa shape index (κ3) is 7.69. The van der Waals surface area contributed by atoms with Crippen LogP contribution in [0, 0.1) is 18.3 Å². The summed E-state index contributed by atoms with van der Waals surface area (Å²) in [6.07, 6.45) is 5.63. The maximum atomic E-state index is 12.1. The Hall–Kier alpha value is -1.58. The van der Waals surface area contributed by atoms with Gasteiger partial charge < -0.3 is 21.7 Å². The van der Waals surface area contributed by atoms with Gasteiger partial charge in [0.1, 0.15) is 6.04 Å². The lowest BCUT2D eigenvalue weighted by atomic mass is 10.0. The number of nitrogens with two attached hydrogens (primary N) is 1. The number of carbonyl (C=O) groups excluding carboxylic acids is 2. The molecule has 3 atom stereocenters. The zero-order valence-electron chi connectivity index (χ0n) is 13.4. The average molecular weight is 296 g/mol. The van der Waals surface area contributed by atoms with Crippen LogP contribution in [0.2, 0.25) is 0 Å². The van der Waals surface area contributed by atoms with Crippen molar-refractivity contribution >= 4 is 11.8 Å². The fourth-order valence-corrected chi connectivity index (χ4v) is 1.74. The Labute approximate surface area is 127 Å². The molecule has 0 aliphatic rings. The molecule has 21 heavy (non-hydrogen) atoms. The maximum absolute atomic E-state index is 12.1.